The molecule has 8 heteroatoms. The molecule has 7 nitrogen and oxygen atoms in total. The van der Waals surface area contributed by atoms with Crippen molar-refractivity contribution in [2.75, 3.05) is 40.3 Å². The second-order valence-electron chi connectivity index (χ2n) is 11.0. The van der Waals surface area contributed by atoms with Gasteiger partial charge in [-0.1, -0.05) is 65.2 Å². The Hall–Kier alpha value is -1.93. The fourth-order valence-corrected chi connectivity index (χ4v) is 6.35. The van der Waals surface area contributed by atoms with Gasteiger partial charge in [0.15, 0.2) is 0 Å². The van der Waals surface area contributed by atoms with Crippen molar-refractivity contribution in [3.8, 4) is 0 Å². The number of unbranched alkanes of at least 4 members (excludes halogenated alkanes) is 9. The number of rotatable bonds is 20. The Morgan fingerprint density at radius 1 is 0.923 bits per heavy atom. The van der Waals surface area contributed by atoms with Gasteiger partial charge in [0.1, 0.15) is 0 Å². The minimum atomic E-state index is -0.0886. The molecule has 0 saturated carbocycles. The summed E-state index contributed by atoms with van der Waals surface area (Å²) in [4.78, 5) is 44.0. The molecule has 0 bridgehead atoms. The second kappa shape index (κ2) is 19.2. The van der Waals surface area contributed by atoms with Crippen LogP contribution in [-0.2, 0) is 33.7 Å². The summed E-state index contributed by atoms with van der Waals surface area (Å²) in [5.41, 5.74) is 1.99. The maximum Gasteiger partial charge on any atom is 0.305 e. The number of ether oxygens (including phenoxy) is 1. The SMILES string of the molecule is CCCCCCCCCOC(=O)CCCCCCC(=O)N1CCc2c(sc(CC)c2C(=O)NCCN(C)C)C1. The number of nitrogens with zero attached hydrogens (tertiary/aromatic N) is 2. The van der Waals surface area contributed by atoms with Gasteiger partial charge in [-0.15, -0.1) is 11.3 Å². The molecule has 1 aliphatic rings. The van der Waals surface area contributed by atoms with Crippen LogP contribution in [0.15, 0.2) is 0 Å². The van der Waals surface area contributed by atoms with Crippen LogP contribution in [0, 0.1) is 0 Å². The van der Waals surface area contributed by atoms with E-state index in [-0.39, 0.29) is 17.8 Å². The molecule has 1 aromatic heterocycles. The standard InChI is InChI=1S/C31H53N3O4S/c1-5-7-8-9-10-13-16-23-38-29(36)18-15-12-11-14-17-28(35)34-21-19-25-27(24-34)39-26(6-2)30(25)31(37)32-20-22-33(3)4/h5-24H2,1-4H3,(H,32,37). The predicted octanol–water partition coefficient (Wildman–Crippen LogP) is 6.12. The third-order valence-corrected chi connectivity index (χ3v) is 8.77. The van der Waals surface area contributed by atoms with Crippen molar-refractivity contribution in [2.24, 2.45) is 0 Å². The normalized spacial score (nSPS) is 13.0. The summed E-state index contributed by atoms with van der Waals surface area (Å²) in [7, 11) is 3.99. The summed E-state index contributed by atoms with van der Waals surface area (Å²) in [6, 6.07) is 0. The lowest BCUT2D eigenvalue weighted by Gasteiger charge is -2.27. The molecule has 0 radical (unpaired) electrons. The molecular weight excluding hydrogens is 510 g/mol. The van der Waals surface area contributed by atoms with Gasteiger partial charge >= 0.3 is 5.97 Å². The van der Waals surface area contributed by atoms with Crippen LogP contribution in [-0.4, -0.2) is 67.9 Å². The fraction of sp³-hybridized carbons (Fsp3) is 0.774. The number of aryl methyl sites for hydroxylation is 1. The molecule has 0 spiro atoms. The number of carbonyl (C=O) groups is 3. The van der Waals surface area contributed by atoms with E-state index < -0.39 is 0 Å². The number of nitrogens with one attached hydrogen (secondary N) is 1. The molecule has 1 aliphatic heterocycles. The van der Waals surface area contributed by atoms with Crippen LogP contribution in [0.5, 0.6) is 0 Å². The highest BCUT2D eigenvalue weighted by atomic mass is 32.1. The zero-order valence-corrected chi connectivity index (χ0v) is 25.9. The molecule has 0 unspecified atom stereocenters. The number of amides is 2. The highest BCUT2D eigenvalue weighted by Crippen LogP contribution is 2.34. The molecule has 1 N–H and O–H groups in total. The topological polar surface area (TPSA) is 79.0 Å². The van der Waals surface area contributed by atoms with Crippen molar-refractivity contribution in [1.29, 1.82) is 0 Å². The third kappa shape index (κ3) is 12.4. The molecule has 2 amide bonds. The smallest absolute Gasteiger partial charge is 0.305 e. The van der Waals surface area contributed by atoms with Gasteiger partial charge in [-0.25, -0.2) is 0 Å². The molecule has 0 aliphatic carbocycles. The molecule has 0 saturated heterocycles. The van der Waals surface area contributed by atoms with Crippen molar-refractivity contribution in [1.82, 2.24) is 15.1 Å². The van der Waals surface area contributed by atoms with E-state index in [2.05, 4.69) is 24.1 Å². The van der Waals surface area contributed by atoms with E-state index in [9.17, 15) is 14.4 Å². The average Bonchev–Trinajstić information content (AvgIpc) is 3.29. The van der Waals surface area contributed by atoms with E-state index in [0.717, 1.165) is 73.9 Å². The minimum absolute atomic E-state index is 0.0210. The number of hydrogen-bond acceptors (Lipinski definition) is 6. The van der Waals surface area contributed by atoms with Crippen LogP contribution in [0.2, 0.25) is 0 Å². The molecule has 1 aromatic rings. The van der Waals surface area contributed by atoms with E-state index in [4.69, 9.17) is 4.74 Å². The van der Waals surface area contributed by atoms with Crippen LogP contribution < -0.4 is 5.32 Å². The molecule has 0 atom stereocenters. The zero-order chi connectivity index (χ0) is 28.5. The lowest BCUT2D eigenvalue weighted by atomic mass is 9.99. The maximum atomic E-state index is 12.9. The van der Waals surface area contributed by atoms with Gasteiger partial charge in [0.05, 0.1) is 18.7 Å². The lowest BCUT2D eigenvalue weighted by Crippen LogP contribution is -2.36. The highest BCUT2D eigenvalue weighted by molar-refractivity contribution is 7.12. The first-order valence-corrected chi connectivity index (χ1v) is 16.2. The van der Waals surface area contributed by atoms with E-state index in [1.807, 2.05) is 19.0 Å². The molecular formula is C31H53N3O4S. The van der Waals surface area contributed by atoms with Crippen LogP contribution >= 0.6 is 11.3 Å². The first-order chi connectivity index (χ1) is 18.9. The Bertz CT molecular complexity index is 883. The van der Waals surface area contributed by atoms with Crippen molar-refractivity contribution < 1.29 is 19.1 Å². The van der Waals surface area contributed by atoms with E-state index in [1.54, 1.807) is 11.3 Å². The first-order valence-electron chi connectivity index (χ1n) is 15.4. The van der Waals surface area contributed by atoms with E-state index in [1.165, 1.54) is 37.0 Å². The van der Waals surface area contributed by atoms with Crippen molar-refractivity contribution in [3.63, 3.8) is 0 Å². The molecule has 39 heavy (non-hydrogen) atoms. The largest absolute Gasteiger partial charge is 0.466 e. The summed E-state index contributed by atoms with van der Waals surface area (Å²) in [5.74, 6) is 0.125. The van der Waals surface area contributed by atoms with Gasteiger partial charge in [-0.05, 0) is 51.8 Å². The quantitative estimate of drug-likeness (QED) is 0.153. The summed E-state index contributed by atoms with van der Waals surface area (Å²) >= 11 is 1.69. The molecule has 0 aromatic carbocycles. The predicted molar refractivity (Wildman–Crippen MR) is 160 cm³/mol. The third-order valence-electron chi connectivity index (χ3n) is 7.41. The molecule has 0 fully saturated rings. The van der Waals surface area contributed by atoms with Crippen LogP contribution in [0.25, 0.3) is 0 Å². The average molecular weight is 564 g/mol. The van der Waals surface area contributed by atoms with Gasteiger partial charge < -0.3 is 19.9 Å². The Kier molecular flexibility index (Phi) is 16.4. The maximum absolute atomic E-state index is 12.9. The molecule has 2 rings (SSSR count). The Morgan fingerprint density at radius 3 is 2.28 bits per heavy atom. The van der Waals surface area contributed by atoms with Crippen LogP contribution in [0.4, 0.5) is 0 Å². The highest BCUT2D eigenvalue weighted by Gasteiger charge is 2.28. The van der Waals surface area contributed by atoms with E-state index >= 15 is 0 Å². The second-order valence-corrected chi connectivity index (χ2v) is 12.2. The molecule has 2 heterocycles. The number of hydrogen-bond donors (Lipinski definition) is 1. The molecule has 222 valence electrons. The minimum Gasteiger partial charge on any atom is -0.466 e. The van der Waals surface area contributed by atoms with Gasteiger partial charge in [-0.3, -0.25) is 14.4 Å². The summed E-state index contributed by atoms with van der Waals surface area (Å²) in [5, 5.41) is 3.07. The van der Waals surface area contributed by atoms with Crippen molar-refractivity contribution in [2.45, 2.75) is 117 Å². The number of thiophene rings is 1. The van der Waals surface area contributed by atoms with E-state index in [0.29, 0.717) is 39.1 Å². The Balaban J connectivity index is 1.61. The summed E-state index contributed by atoms with van der Waals surface area (Å²) < 4.78 is 5.36. The van der Waals surface area contributed by atoms with Gasteiger partial charge in [0, 0.05) is 42.2 Å². The van der Waals surface area contributed by atoms with Crippen LogP contribution in [0.1, 0.15) is 123 Å². The monoisotopic (exact) mass is 563 g/mol. The lowest BCUT2D eigenvalue weighted by molar-refractivity contribution is -0.144. The first kappa shape index (κ1) is 33.3. The van der Waals surface area contributed by atoms with Gasteiger partial charge in [0.25, 0.3) is 5.91 Å². The fourth-order valence-electron chi connectivity index (χ4n) is 5.04. The summed E-state index contributed by atoms with van der Waals surface area (Å²) in [6.45, 7) is 7.59. The number of carbonyl (C=O) groups excluding carboxylic acids is 3. The number of esters is 1. The summed E-state index contributed by atoms with van der Waals surface area (Å²) in [6.07, 6.45) is 14.7. The Labute approximate surface area is 241 Å². The van der Waals surface area contributed by atoms with Gasteiger partial charge in [-0.2, -0.15) is 0 Å². The number of likely N-dealkylation sites (N-methyl/N-ethyl adjacent to an activating group) is 1. The number of fused-ring (bicyclic) bond motifs is 1. The van der Waals surface area contributed by atoms with Crippen LogP contribution in [0.3, 0.4) is 0 Å². The zero-order valence-electron chi connectivity index (χ0n) is 25.1. The van der Waals surface area contributed by atoms with Crippen molar-refractivity contribution in [3.05, 3.63) is 20.9 Å². The van der Waals surface area contributed by atoms with Gasteiger partial charge in [0.2, 0.25) is 5.91 Å². The Morgan fingerprint density at radius 2 is 1.59 bits per heavy atom. The van der Waals surface area contributed by atoms with Crippen molar-refractivity contribution >= 4 is 29.1 Å².